The fraction of sp³-hybridized carbons (Fsp3) is 0. The minimum atomic E-state index is -2.12. The first-order valence-corrected chi connectivity index (χ1v) is 3.56. The number of hydrogen-bond acceptors (Lipinski definition) is 2. The van der Waals surface area contributed by atoms with Crippen molar-refractivity contribution >= 4 is 17.6 Å². The van der Waals surface area contributed by atoms with Crippen molar-refractivity contribution < 1.29 is 13.6 Å². The Bertz CT molecular complexity index is 268. The molecule has 0 aliphatic heterocycles. The van der Waals surface area contributed by atoms with Gasteiger partial charge in [-0.05, 0) is 12.1 Å². The van der Waals surface area contributed by atoms with Crippen LogP contribution in [0.15, 0.2) is 18.3 Å². The molecule has 1 rings (SSSR count). The van der Waals surface area contributed by atoms with Crippen molar-refractivity contribution in [1.82, 2.24) is 3.97 Å². The fourth-order valence-electron chi connectivity index (χ4n) is 0.613. The second-order valence-corrected chi connectivity index (χ2v) is 2.46. The molecule has 1 aromatic rings. The quantitative estimate of drug-likeness (QED) is 0.498. The lowest BCUT2D eigenvalue weighted by Crippen LogP contribution is -2.04. The molecule has 1 heterocycles. The number of nitrogens with zero attached hydrogens (tertiary/aromatic N) is 1. The predicted molar refractivity (Wildman–Crippen MR) is 36.0 cm³/mol. The van der Waals surface area contributed by atoms with Crippen molar-refractivity contribution in [3.8, 4) is 0 Å². The lowest BCUT2D eigenvalue weighted by molar-refractivity contribution is 0.111. The van der Waals surface area contributed by atoms with Crippen molar-refractivity contribution in [2.75, 3.05) is 0 Å². The van der Waals surface area contributed by atoms with Crippen molar-refractivity contribution in [3.05, 3.63) is 24.0 Å². The van der Waals surface area contributed by atoms with Crippen LogP contribution in [0.5, 0.6) is 0 Å². The Kier molecular flexibility index (Phi) is 1.98. The Morgan fingerprint density at radius 3 is 2.80 bits per heavy atom. The molecule has 0 saturated heterocycles. The normalized spacial score (nSPS) is 12.9. The van der Waals surface area contributed by atoms with Gasteiger partial charge in [-0.15, -0.1) is 0 Å². The van der Waals surface area contributed by atoms with Gasteiger partial charge in [0, 0.05) is 6.20 Å². The molecular weight excluding hydrogens is 154 g/mol. The summed E-state index contributed by atoms with van der Waals surface area (Å²) >= 11 is -2.12. The average Bonchev–Trinajstić information content (AvgIpc) is 2.33. The van der Waals surface area contributed by atoms with Gasteiger partial charge < -0.3 is 0 Å². The standard InChI is InChI=1S/C5H5NO3S/c7-4-5-2-1-3-6(5)10(8)9/h1-4H,(H,8,9). The molecule has 1 atom stereocenters. The first-order valence-electron chi connectivity index (χ1n) is 2.49. The number of rotatable bonds is 2. The molecule has 0 saturated carbocycles. The van der Waals surface area contributed by atoms with Gasteiger partial charge in [0.15, 0.2) is 6.29 Å². The van der Waals surface area contributed by atoms with Crippen LogP contribution < -0.4 is 0 Å². The van der Waals surface area contributed by atoms with E-state index >= 15 is 0 Å². The zero-order valence-corrected chi connectivity index (χ0v) is 5.75. The summed E-state index contributed by atoms with van der Waals surface area (Å²) in [6, 6.07) is 2.99. The first kappa shape index (κ1) is 7.17. The Morgan fingerprint density at radius 2 is 2.40 bits per heavy atom. The second-order valence-electron chi connectivity index (χ2n) is 1.61. The summed E-state index contributed by atoms with van der Waals surface area (Å²) in [5.41, 5.74) is 0.195. The molecule has 5 heteroatoms. The molecule has 1 N–H and O–H groups in total. The van der Waals surface area contributed by atoms with Crippen molar-refractivity contribution in [1.29, 1.82) is 0 Å². The van der Waals surface area contributed by atoms with Gasteiger partial charge in [0.2, 0.25) is 0 Å². The van der Waals surface area contributed by atoms with Gasteiger partial charge in [-0.25, -0.2) is 8.18 Å². The average molecular weight is 159 g/mol. The highest BCUT2D eigenvalue weighted by Gasteiger charge is 2.01. The summed E-state index contributed by atoms with van der Waals surface area (Å²) in [4.78, 5) is 10.1. The molecule has 0 aliphatic rings. The van der Waals surface area contributed by atoms with Crippen molar-refractivity contribution in [3.63, 3.8) is 0 Å². The van der Waals surface area contributed by atoms with Crippen LogP contribution in [0, 0.1) is 0 Å². The van der Waals surface area contributed by atoms with Crippen LogP contribution >= 0.6 is 0 Å². The van der Waals surface area contributed by atoms with E-state index in [2.05, 4.69) is 0 Å². The van der Waals surface area contributed by atoms with E-state index in [1.54, 1.807) is 0 Å². The molecule has 10 heavy (non-hydrogen) atoms. The van der Waals surface area contributed by atoms with Crippen LogP contribution in [0.4, 0.5) is 0 Å². The minimum absolute atomic E-state index is 0.195. The Morgan fingerprint density at radius 1 is 1.70 bits per heavy atom. The van der Waals surface area contributed by atoms with E-state index in [9.17, 15) is 9.00 Å². The van der Waals surface area contributed by atoms with Gasteiger partial charge in [0.05, 0.1) is 5.69 Å². The van der Waals surface area contributed by atoms with E-state index in [0.29, 0.717) is 6.29 Å². The summed E-state index contributed by atoms with van der Waals surface area (Å²) < 4.78 is 19.8. The maximum atomic E-state index is 10.4. The highest BCUT2D eigenvalue weighted by atomic mass is 32.2. The summed E-state index contributed by atoms with van der Waals surface area (Å²) in [7, 11) is 0. The third-order valence-corrected chi connectivity index (χ3v) is 1.70. The van der Waals surface area contributed by atoms with Crippen LogP contribution in [0.1, 0.15) is 10.5 Å². The monoisotopic (exact) mass is 159 g/mol. The largest absolute Gasteiger partial charge is 0.296 e. The Labute approximate surface area is 59.9 Å². The zero-order valence-electron chi connectivity index (χ0n) is 4.93. The van der Waals surface area contributed by atoms with Crippen LogP contribution in [-0.2, 0) is 11.3 Å². The Hall–Kier alpha value is -0.940. The van der Waals surface area contributed by atoms with Crippen LogP contribution in [0.3, 0.4) is 0 Å². The van der Waals surface area contributed by atoms with Gasteiger partial charge in [-0.1, -0.05) is 0 Å². The Balaban J connectivity index is 3.13. The van der Waals surface area contributed by atoms with E-state index < -0.39 is 11.3 Å². The first-order chi connectivity index (χ1) is 4.75. The molecule has 0 radical (unpaired) electrons. The molecule has 54 valence electrons. The predicted octanol–water partition coefficient (Wildman–Crippen LogP) is 0.285. The highest BCUT2D eigenvalue weighted by molar-refractivity contribution is 7.77. The van der Waals surface area contributed by atoms with Crippen molar-refractivity contribution in [2.24, 2.45) is 0 Å². The van der Waals surface area contributed by atoms with Crippen LogP contribution in [0.2, 0.25) is 0 Å². The van der Waals surface area contributed by atoms with Crippen LogP contribution in [0.25, 0.3) is 0 Å². The number of aldehydes is 1. The molecule has 0 amide bonds. The van der Waals surface area contributed by atoms with Gasteiger partial charge >= 0.3 is 0 Å². The molecule has 0 fully saturated rings. The molecule has 0 aliphatic carbocycles. The number of aromatic nitrogens is 1. The number of carbonyl (C=O) groups is 1. The minimum Gasteiger partial charge on any atom is -0.296 e. The van der Waals surface area contributed by atoms with E-state index in [0.717, 1.165) is 3.97 Å². The lowest BCUT2D eigenvalue weighted by Gasteiger charge is -1.94. The molecular formula is C5H5NO3S. The number of hydrogen-bond donors (Lipinski definition) is 1. The smallest absolute Gasteiger partial charge is 0.266 e. The maximum absolute atomic E-state index is 10.4. The highest BCUT2D eigenvalue weighted by Crippen LogP contribution is 1.98. The SMILES string of the molecule is O=Cc1cccn1S(=O)O. The van der Waals surface area contributed by atoms with E-state index in [1.165, 1.54) is 18.3 Å². The summed E-state index contributed by atoms with van der Waals surface area (Å²) in [5, 5.41) is 0. The van der Waals surface area contributed by atoms with Gasteiger partial charge in [-0.2, -0.15) is 0 Å². The topological polar surface area (TPSA) is 59.3 Å². The third-order valence-electron chi connectivity index (χ3n) is 1.03. The summed E-state index contributed by atoms with van der Waals surface area (Å²) in [5.74, 6) is 0. The van der Waals surface area contributed by atoms with Gasteiger partial charge in [0.1, 0.15) is 0 Å². The molecule has 1 unspecified atom stereocenters. The molecule has 4 nitrogen and oxygen atoms in total. The molecule has 0 aromatic carbocycles. The van der Waals surface area contributed by atoms with E-state index in [-0.39, 0.29) is 5.69 Å². The zero-order chi connectivity index (χ0) is 7.56. The van der Waals surface area contributed by atoms with Gasteiger partial charge in [0.25, 0.3) is 11.3 Å². The van der Waals surface area contributed by atoms with Crippen molar-refractivity contribution in [2.45, 2.75) is 0 Å². The maximum Gasteiger partial charge on any atom is 0.266 e. The molecule has 0 spiro atoms. The van der Waals surface area contributed by atoms with E-state index in [4.69, 9.17) is 4.55 Å². The molecule has 0 bridgehead atoms. The summed E-state index contributed by atoms with van der Waals surface area (Å²) in [6.45, 7) is 0. The lowest BCUT2D eigenvalue weighted by atomic mass is 10.5. The van der Waals surface area contributed by atoms with Crippen LogP contribution in [-0.4, -0.2) is 19.0 Å². The van der Waals surface area contributed by atoms with Gasteiger partial charge in [-0.3, -0.25) is 9.35 Å². The molecule has 1 aromatic heterocycles. The number of carbonyl (C=O) groups excluding carboxylic acids is 1. The third kappa shape index (κ3) is 1.14. The second kappa shape index (κ2) is 2.76. The fourth-order valence-corrected chi connectivity index (χ4v) is 1.07. The van der Waals surface area contributed by atoms with E-state index in [1.807, 2.05) is 0 Å². The summed E-state index contributed by atoms with van der Waals surface area (Å²) in [6.07, 6.45) is 1.88.